The van der Waals surface area contributed by atoms with E-state index < -0.39 is 10.8 Å². The molecule has 18 heavy (non-hydrogen) atoms. The van der Waals surface area contributed by atoms with Gasteiger partial charge in [0.05, 0.1) is 6.07 Å². The summed E-state index contributed by atoms with van der Waals surface area (Å²) >= 11 is 0. The van der Waals surface area contributed by atoms with E-state index >= 15 is 0 Å². The number of rotatable bonds is 1. The average molecular weight is 269 g/mol. The molecule has 102 valence electrons. The van der Waals surface area contributed by atoms with Crippen LogP contribution in [-0.4, -0.2) is 34.3 Å². The van der Waals surface area contributed by atoms with Crippen molar-refractivity contribution in [2.24, 2.45) is 11.1 Å². The van der Waals surface area contributed by atoms with E-state index in [1.807, 2.05) is 7.05 Å². The predicted octanol–water partition coefficient (Wildman–Crippen LogP) is 0.898. The van der Waals surface area contributed by atoms with Crippen molar-refractivity contribution in [3.63, 3.8) is 0 Å². The zero-order chi connectivity index (χ0) is 13.2. The molecule has 1 spiro atoms. The molecule has 3 rings (SSSR count). The van der Waals surface area contributed by atoms with Crippen molar-refractivity contribution >= 4 is 10.8 Å². The van der Waals surface area contributed by atoms with Gasteiger partial charge in [0.2, 0.25) is 0 Å². The quantitative estimate of drug-likeness (QED) is 0.741. The first kappa shape index (κ1) is 14.0. The van der Waals surface area contributed by atoms with Crippen molar-refractivity contribution in [1.82, 2.24) is 5.32 Å². The second-order valence-electron chi connectivity index (χ2n) is 6.01. The van der Waals surface area contributed by atoms with Gasteiger partial charge in [-0.1, -0.05) is 0 Å². The highest BCUT2D eigenvalue weighted by Crippen LogP contribution is 2.46. The topological polar surface area (TPSA) is 78.9 Å². The van der Waals surface area contributed by atoms with E-state index in [9.17, 15) is 4.21 Å². The Balaban J connectivity index is 0.000000256. The number of nitrogens with two attached hydrogens (primary N) is 1. The zero-order valence-corrected chi connectivity index (χ0v) is 11.9. The van der Waals surface area contributed by atoms with E-state index in [2.05, 4.69) is 11.4 Å². The normalized spacial score (nSPS) is 42.4. The first-order valence-electron chi connectivity index (χ1n) is 6.74. The maximum atomic E-state index is 11.1. The molecule has 3 N–H and O–H groups in total. The van der Waals surface area contributed by atoms with Gasteiger partial charge in [-0.05, 0) is 51.0 Å². The molecule has 2 saturated carbocycles. The van der Waals surface area contributed by atoms with Crippen LogP contribution >= 0.6 is 0 Å². The molecule has 2 aliphatic carbocycles. The fraction of sp³-hybridized carbons (Fsp3) is 0.923. The minimum absolute atomic E-state index is 0.303. The highest BCUT2D eigenvalue weighted by Gasteiger charge is 2.48. The number of hydrogen-bond acceptors (Lipinski definition) is 4. The summed E-state index contributed by atoms with van der Waals surface area (Å²) in [4.78, 5) is 0. The van der Waals surface area contributed by atoms with Crippen LogP contribution in [0.15, 0.2) is 0 Å². The zero-order valence-electron chi connectivity index (χ0n) is 11.1. The van der Waals surface area contributed by atoms with Gasteiger partial charge < -0.3 is 11.1 Å². The van der Waals surface area contributed by atoms with Crippen molar-refractivity contribution in [1.29, 1.82) is 5.26 Å². The molecule has 0 aromatic heterocycles. The molecule has 0 bridgehead atoms. The highest BCUT2D eigenvalue weighted by atomic mass is 32.2. The lowest BCUT2D eigenvalue weighted by atomic mass is 9.69. The van der Waals surface area contributed by atoms with Gasteiger partial charge >= 0.3 is 0 Å². The highest BCUT2D eigenvalue weighted by molar-refractivity contribution is 7.86. The Morgan fingerprint density at radius 2 is 1.78 bits per heavy atom. The van der Waals surface area contributed by atoms with Gasteiger partial charge in [0.25, 0.3) is 0 Å². The van der Waals surface area contributed by atoms with Crippen LogP contribution in [0.4, 0.5) is 0 Å². The van der Waals surface area contributed by atoms with Crippen molar-refractivity contribution < 1.29 is 4.21 Å². The molecule has 1 aliphatic heterocycles. The summed E-state index contributed by atoms with van der Waals surface area (Å²) in [6.45, 7) is 0. The standard InChI is InChI=1S/C10H16N2OS.C3H7N/c1-12-10(6-11)4-2-9(3-5-10)7-14(13)8-9;4-3-1-2-3/h12H,2-5,7-8H2,1H3;3H,1-2,4H2. The van der Waals surface area contributed by atoms with Crippen molar-refractivity contribution in [2.45, 2.75) is 50.1 Å². The Morgan fingerprint density at radius 1 is 1.28 bits per heavy atom. The van der Waals surface area contributed by atoms with Crippen LogP contribution in [-0.2, 0) is 10.8 Å². The maximum absolute atomic E-state index is 11.1. The monoisotopic (exact) mass is 269 g/mol. The van der Waals surface area contributed by atoms with E-state index in [-0.39, 0.29) is 5.54 Å². The van der Waals surface area contributed by atoms with Crippen LogP contribution in [0.1, 0.15) is 38.5 Å². The van der Waals surface area contributed by atoms with Gasteiger partial charge in [-0.2, -0.15) is 5.26 Å². The molecule has 0 unspecified atom stereocenters. The third-order valence-electron chi connectivity index (χ3n) is 4.41. The number of nitrogens with one attached hydrogen (secondary N) is 1. The van der Waals surface area contributed by atoms with Crippen LogP contribution in [0.2, 0.25) is 0 Å². The lowest BCUT2D eigenvalue weighted by molar-refractivity contribution is 0.171. The lowest BCUT2D eigenvalue weighted by Crippen LogP contribution is -2.54. The van der Waals surface area contributed by atoms with Gasteiger partial charge in [-0.15, -0.1) is 0 Å². The predicted molar refractivity (Wildman–Crippen MR) is 73.4 cm³/mol. The molecular formula is C13H23N3OS. The van der Waals surface area contributed by atoms with Gasteiger partial charge in [0, 0.05) is 28.3 Å². The smallest absolute Gasteiger partial charge is 0.106 e. The molecule has 3 aliphatic rings. The second kappa shape index (κ2) is 5.28. The Labute approximate surface area is 112 Å². The van der Waals surface area contributed by atoms with E-state index in [1.165, 1.54) is 12.8 Å². The van der Waals surface area contributed by atoms with Gasteiger partial charge in [-0.25, -0.2) is 0 Å². The summed E-state index contributed by atoms with van der Waals surface area (Å²) in [7, 11) is 1.30. The lowest BCUT2D eigenvalue weighted by Gasteiger charge is -2.48. The minimum atomic E-state index is -0.561. The first-order chi connectivity index (χ1) is 8.53. The van der Waals surface area contributed by atoms with E-state index in [0.717, 1.165) is 37.2 Å². The third-order valence-corrected chi connectivity index (χ3v) is 6.28. The molecule has 0 aromatic rings. The van der Waals surface area contributed by atoms with Crippen LogP contribution < -0.4 is 11.1 Å². The summed E-state index contributed by atoms with van der Waals surface area (Å²) in [6.07, 6.45) is 6.48. The van der Waals surface area contributed by atoms with Crippen molar-refractivity contribution in [2.75, 3.05) is 18.6 Å². The summed E-state index contributed by atoms with van der Waals surface area (Å²) in [5, 5.41) is 12.2. The fourth-order valence-corrected chi connectivity index (χ4v) is 4.51. The summed E-state index contributed by atoms with van der Waals surface area (Å²) in [5.41, 5.74) is 5.25. The molecule has 5 heteroatoms. The molecule has 1 saturated heterocycles. The maximum Gasteiger partial charge on any atom is 0.106 e. The van der Waals surface area contributed by atoms with Crippen LogP contribution in [0.5, 0.6) is 0 Å². The summed E-state index contributed by atoms with van der Waals surface area (Å²) in [6, 6.07) is 2.96. The Hall–Kier alpha value is -0.440. The molecule has 4 nitrogen and oxygen atoms in total. The van der Waals surface area contributed by atoms with Crippen molar-refractivity contribution in [3.8, 4) is 6.07 Å². The van der Waals surface area contributed by atoms with E-state index in [4.69, 9.17) is 11.0 Å². The molecule has 0 aromatic carbocycles. The number of nitrogens with zero attached hydrogens (tertiary/aromatic N) is 1. The van der Waals surface area contributed by atoms with Crippen LogP contribution in [0.3, 0.4) is 0 Å². The SMILES string of the molecule is CNC1(C#N)CCC2(CC1)CS(=O)C2.NC1CC1. The van der Waals surface area contributed by atoms with Crippen LogP contribution in [0.25, 0.3) is 0 Å². The minimum Gasteiger partial charge on any atom is -0.328 e. The van der Waals surface area contributed by atoms with Gasteiger partial charge in [-0.3, -0.25) is 4.21 Å². The van der Waals surface area contributed by atoms with E-state index in [0.29, 0.717) is 11.5 Å². The summed E-state index contributed by atoms with van der Waals surface area (Å²) < 4.78 is 11.1. The van der Waals surface area contributed by atoms with Gasteiger partial charge in [0.15, 0.2) is 0 Å². The Morgan fingerprint density at radius 3 is 2.06 bits per heavy atom. The molecular weight excluding hydrogens is 246 g/mol. The molecule has 0 atom stereocenters. The number of nitriles is 1. The Bertz CT molecular complexity index is 355. The molecule has 0 radical (unpaired) electrons. The van der Waals surface area contributed by atoms with E-state index in [1.54, 1.807) is 0 Å². The first-order valence-corrected chi connectivity index (χ1v) is 8.23. The number of hydrogen-bond donors (Lipinski definition) is 2. The molecule has 3 fully saturated rings. The fourth-order valence-electron chi connectivity index (χ4n) is 2.65. The second-order valence-corrected chi connectivity index (χ2v) is 7.47. The summed E-state index contributed by atoms with van der Waals surface area (Å²) in [5.74, 6) is 1.75. The Kier molecular flexibility index (Phi) is 4.10. The third kappa shape index (κ3) is 3.11. The van der Waals surface area contributed by atoms with Crippen LogP contribution in [0, 0.1) is 16.7 Å². The largest absolute Gasteiger partial charge is 0.328 e. The average Bonchev–Trinajstić information content (AvgIpc) is 3.12. The van der Waals surface area contributed by atoms with Crippen molar-refractivity contribution in [3.05, 3.63) is 0 Å². The molecule has 0 amide bonds. The molecule has 1 heterocycles. The van der Waals surface area contributed by atoms with Gasteiger partial charge in [0.1, 0.15) is 5.54 Å².